The van der Waals surface area contributed by atoms with Crippen LogP contribution in [0.4, 0.5) is 10.2 Å². The van der Waals surface area contributed by atoms with E-state index in [-0.39, 0.29) is 0 Å². The van der Waals surface area contributed by atoms with E-state index in [1.807, 2.05) is 24.3 Å². The number of rotatable bonds is 3. The van der Waals surface area contributed by atoms with E-state index in [2.05, 4.69) is 10.3 Å². The minimum atomic E-state index is -0.496. The number of nitrogens with one attached hydrogen (secondary N) is 1. The van der Waals surface area contributed by atoms with Gasteiger partial charge in [-0.2, -0.15) is 4.39 Å². The summed E-state index contributed by atoms with van der Waals surface area (Å²) in [6, 6.07) is 12.1. The lowest BCUT2D eigenvalue weighted by atomic mass is 10.2. The van der Waals surface area contributed by atoms with Crippen LogP contribution < -0.4 is 5.32 Å². The average molecular weight is 237 g/mol. The highest BCUT2D eigenvalue weighted by Crippen LogP contribution is 2.16. The van der Waals surface area contributed by atoms with Crippen molar-refractivity contribution in [3.8, 4) is 0 Å². The fourth-order valence-electron chi connectivity index (χ4n) is 1.33. The molecule has 0 fully saturated rings. The maximum Gasteiger partial charge on any atom is 0.214 e. The lowest BCUT2D eigenvalue weighted by Gasteiger charge is -2.06. The number of hydrogen-bond acceptors (Lipinski definition) is 2. The highest BCUT2D eigenvalue weighted by Gasteiger charge is 2.00. The van der Waals surface area contributed by atoms with Gasteiger partial charge in [-0.3, -0.25) is 0 Å². The van der Waals surface area contributed by atoms with E-state index in [1.54, 1.807) is 12.1 Å². The van der Waals surface area contributed by atoms with Crippen LogP contribution in [0.1, 0.15) is 5.56 Å². The summed E-state index contributed by atoms with van der Waals surface area (Å²) >= 11 is 5.99. The Bertz CT molecular complexity index is 488. The zero-order chi connectivity index (χ0) is 11.4. The molecule has 0 unspecified atom stereocenters. The molecule has 0 bridgehead atoms. The Morgan fingerprint density at radius 2 is 1.94 bits per heavy atom. The van der Waals surface area contributed by atoms with Crippen molar-refractivity contribution in [1.82, 2.24) is 4.98 Å². The van der Waals surface area contributed by atoms with E-state index in [1.165, 1.54) is 6.07 Å². The first-order valence-corrected chi connectivity index (χ1v) is 5.23. The Balaban J connectivity index is 2.05. The molecule has 1 N–H and O–H groups in total. The summed E-state index contributed by atoms with van der Waals surface area (Å²) in [6.45, 7) is 0.524. The Morgan fingerprint density at radius 3 is 2.69 bits per heavy atom. The van der Waals surface area contributed by atoms with Gasteiger partial charge in [0.2, 0.25) is 5.95 Å². The summed E-state index contributed by atoms with van der Waals surface area (Å²) in [4.78, 5) is 3.70. The Hall–Kier alpha value is -1.61. The minimum Gasteiger partial charge on any atom is -0.366 e. The molecule has 0 aliphatic carbocycles. The van der Waals surface area contributed by atoms with Gasteiger partial charge in [0.1, 0.15) is 5.82 Å². The normalized spacial score (nSPS) is 10.1. The van der Waals surface area contributed by atoms with Crippen LogP contribution >= 0.6 is 11.6 Å². The van der Waals surface area contributed by atoms with Crippen LogP contribution in [-0.2, 0) is 6.54 Å². The quantitative estimate of drug-likeness (QED) is 0.826. The largest absolute Gasteiger partial charge is 0.366 e. The minimum absolute atomic E-state index is 0.496. The Labute approximate surface area is 98.1 Å². The van der Waals surface area contributed by atoms with Crippen LogP contribution in [0.3, 0.4) is 0 Å². The molecule has 0 aliphatic rings. The first-order valence-electron chi connectivity index (χ1n) is 4.85. The summed E-state index contributed by atoms with van der Waals surface area (Å²) < 4.78 is 12.8. The third kappa shape index (κ3) is 2.70. The molecule has 0 spiro atoms. The predicted octanol–water partition coefficient (Wildman–Crippen LogP) is 3.49. The number of hydrogen-bond donors (Lipinski definition) is 1. The van der Waals surface area contributed by atoms with Gasteiger partial charge in [0.15, 0.2) is 0 Å². The number of anilines is 1. The first-order chi connectivity index (χ1) is 7.75. The zero-order valence-electron chi connectivity index (χ0n) is 8.45. The summed E-state index contributed by atoms with van der Waals surface area (Å²) in [6.07, 6.45) is 0. The van der Waals surface area contributed by atoms with E-state index >= 15 is 0 Å². The van der Waals surface area contributed by atoms with Gasteiger partial charge >= 0.3 is 0 Å². The lowest BCUT2D eigenvalue weighted by Crippen LogP contribution is -2.02. The molecule has 82 valence electrons. The highest BCUT2D eigenvalue weighted by molar-refractivity contribution is 6.31. The van der Waals surface area contributed by atoms with E-state index in [0.717, 1.165) is 5.56 Å². The second kappa shape index (κ2) is 4.94. The molecule has 0 saturated heterocycles. The van der Waals surface area contributed by atoms with Crippen molar-refractivity contribution in [2.75, 3.05) is 5.32 Å². The third-order valence-corrected chi connectivity index (χ3v) is 2.50. The monoisotopic (exact) mass is 236 g/mol. The Morgan fingerprint density at radius 1 is 1.12 bits per heavy atom. The fourth-order valence-corrected chi connectivity index (χ4v) is 1.54. The van der Waals surface area contributed by atoms with Gasteiger partial charge in [-0.05, 0) is 23.8 Å². The fraction of sp³-hybridized carbons (Fsp3) is 0.0833. The molecule has 4 heteroatoms. The van der Waals surface area contributed by atoms with Crippen molar-refractivity contribution in [1.29, 1.82) is 0 Å². The molecule has 0 saturated carbocycles. The molecule has 1 heterocycles. The van der Waals surface area contributed by atoms with Gasteiger partial charge in [-0.15, -0.1) is 0 Å². The number of aromatic nitrogens is 1. The maximum atomic E-state index is 12.8. The van der Waals surface area contributed by atoms with Gasteiger partial charge < -0.3 is 5.32 Å². The van der Waals surface area contributed by atoms with Crippen LogP contribution in [0, 0.1) is 5.95 Å². The van der Waals surface area contributed by atoms with Gasteiger partial charge in [0, 0.05) is 11.6 Å². The molecule has 0 radical (unpaired) electrons. The standard InChI is InChI=1S/C12H10ClFN2/c13-10-5-2-1-4-9(10)8-15-12-7-3-6-11(14)16-12/h1-7H,8H2,(H,15,16). The molecule has 2 nitrogen and oxygen atoms in total. The zero-order valence-corrected chi connectivity index (χ0v) is 9.21. The van der Waals surface area contributed by atoms with Crippen LogP contribution in [0.15, 0.2) is 42.5 Å². The molecule has 2 aromatic rings. The van der Waals surface area contributed by atoms with Gasteiger partial charge in [0.25, 0.3) is 0 Å². The molecule has 16 heavy (non-hydrogen) atoms. The SMILES string of the molecule is Fc1cccc(NCc2ccccc2Cl)n1. The lowest BCUT2D eigenvalue weighted by molar-refractivity contribution is 0.585. The van der Waals surface area contributed by atoms with Crippen molar-refractivity contribution in [2.24, 2.45) is 0 Å². The van der Waals surface area contributed by atoms with Crippen LogP contribution in [0.2, 0.25) is 5.02 Å². The van der Waals surface area contributed by atoms with E-state index in [4.69, 9.17) is 11.6 Å². The second-order valence-corrected chi connectivity index (χ2v) is 3.70. The molecule has 0 amide bonds. The van der Waals surface area contributed by atoms with Crippen molar-refractivity contribution in [2.45, 2.75) is 6.54 Å². The number of nitrogens with zero attached hydrogens (tertiary/aromatic N) is 1. The number of benzene rings is 1. The molecule has 1 aromatic heterocycles. The third-order valence-electron chi connectivity index (χ3n) is 2.13. The van der Waals surface area contributed by atoms with E-state index in [0.29, 0.717) is 17.4 Å². The van der Waals surface area contributed by atoms with Crippen molar-refractivity contribution >= 4 is 17.4 Å². The second-order valence-electron chi connectivity index (χ2n) is 3.29. The maximum absolute atomic E-state index is 12.8. The van der Waals surface area contributed by atoms with Gasteiger partial charge in [-0.1, -0.05) is 35.9 Å². The molecule has 0 atom stereocenters. The smallest absolute Gasteiger partial charge is 0.214 e. The Kier molecular flexibility index (Phi) is 3.37. The van der Waals surface area contributed by atoms with Crippen molar-refractivity contribution in [3.05, 3.63) is 59.0 Å². The van der Waals surface area contributed by atoms with Crippen LogP contribution in [0.5, 0.6) is 0 Å². The summed E-state index contributed by atoms with van der Waals surface area (Å²) in [5.74, 6) is 0.00378. The van der Waals surface area contributed by atoms with Crippen molar-refractivity contribution < 1.29 is 4.39 Å². The summed E-state index contributed by atoms with van der Waals surface area (Å²) in [5.41, 5.74) is 0.954. The van der Waals surface area contributed by atoms with Crippen molar-refractivity contribution in [3.63, 3.8) is 0 Å². The van der Waals surface area contributed by atoms with E-state index in [9.17, 15) is 4.39 Å². The predicted molar refractivity (Wildman–Crippen MR) is 63.0 cm³/mol. The first kappa shape index (κ1) is 10.9. The molecule has 2 rings (SSSR count). The summed E-state index contributed by atoms with van der Waals surface area (Å²) in [5, 5.41) is 3.69. The number of halogens is 2. The van der Waals surface area contributed by atoms with Gasteiger partial charge in [-0.25, -0.2) is 4.98 Å². The summed E-state index contributed by atoms with van der Waals surface area (Å²) in [7, 11) is 0. The molecule has 0 aliphatic heterocycles. The molecular weight excluding hydrogens is 227 g/mol. The van der Waals surface area contributed by atoms with Gasteiger partial charge in [0.05, 0.1) is 0 Å². The molecular formula is C12H10ClFN2. The number of pyridine rings is 1. The van der Waals surface area contributed by atoms with Crippen LogP contribution in [0.25, 0.3) is 0 Å². The van der Waals surface area contributed by atoms with E-state index < -0.39 is 5.95 Å². The topological polar surface area (TPSA) is 24.9 Å². The highest BCUT2D eigenvalue weighted by atomic mass is 35.5. The average Bonchev–Trinajstić information content (AvgIpc) is 2.28. The van der Waals surface area contributed by atoms with Crippen LogP contribution in [-0.4, -0.2) is 4.98 Å². The molecule has 1 aromatic carbocycles.